The van der Waals surface area contributed by atoms with Crippen molar-refractivity contribution in [2.45, 2.75) is 19.3 Å². The molecule has 3 aromatic carbocycles. The van der Waals surface area contributed by atoms with Gasteiger partial charge in [-0.1, -0.05) is 15.9 Å². The summed E-state index contributed by atoms with van der Waals surface area (Å²) < 4.78 is 37.1. The third-order valence-corrected chi connectivity index (χ3v) is 7.49. The van der Waals surface area contributed by atoms with E-state index in [1.54, 1.807) is 30.3 Å². The highest BCUT2D eigenvalue weighted by molar-refractivity contribution is 9.09. The lowest BCUT2D eigenvalue weighted by atomic mass is 10.0. The van der Waals surface area contributed by atoms with Crippen molar-refractivity contribution in [1.29, 1.82) is 0 Å². The van der Waals surface area contributed by atoms with E-state index in [0.29, 0.717) is 77.9 Å². The maximum absolute atomic E-state index is 13.2. The molecule has 0 bridgehead atoms. The number of aromatic nitrogens is 2. The van der Waals surface area contributed by atoms with Crippen LogP contribution >= 0.6 is 15.9 Å². The number of nitrogens with zero attached hydrogens (tertiary/aromatic N) is 2. The molecule has 2 aliphatic rings. The van der Waals surface area contributed by atoms with Crippen molar-refractivity contribution in [3.8, 4) is 28.9 Å². The molecule has 4 aromatic rings. The summed E-state index contributed by atoms with van der Waals surface area (Å²) in [4.78, 5) is 34.6. The van der Waals surface area contributed by atoms with Crippen molar-refractivity contribution in [3.63, 3.8) is 0 Å². The standard InChI is InChI=1S/C30H26BrFN4O6/c31-12-1-13-39-23-16-22-24(26-25(23)40-14-15-41-26)27(34-17-33-22)42-21-8-6-20(7-9-21)36-29(38)30(10-11-30)28(37)35-19-4-2-18(32)3-5-19/h2-9,16-17H,1,10-15H2,(H,35,37)(H,36,38). The number of anilines is 2. The zero-order valence-electron chi connectivity index (χ0n) is 22.3. The summed E-state index contributed by atoms with van der Waals surface area (Å²) in [5, 5.41) is 6.89. The Morgan fingerprint density at radius 1 is 0.929 bits per heavy atom. The summed E-state index contributed by atoms with van der Waals surface area (Å²) >= 11 is 3.41. The van der Waals surface area contributed by atoms with Gasteiger partial charge in [-0.2, -0.15) is 0 Å². The minimum atomic E-state index is -1.17. The van der Waals surface area contributed by atoms with Crippen molar-refractivity contribution < 1.29 is 32.9 Å². The Labute approximate surface area is 248 Å². The maximum Gasteiger partial charge on any atom is 0.240 e. The second-order valence-electron chi connectivity index (χ2n) is 9.82. The average Bonchev–Trinajstić information content (AvgIpc) is 3.82. The van der Waals surface area contributed by atoms with Gasteiger partial charge in [-0.15, -0.1) is 0 Å². The Hall–Kier alpha value is -4.45. The number of ether oxygens (including phenoxy) is 4. The molecule has 6 rings (SSSR count). The number of rotatable bonds is 10. The summed E-state index contributed by atoms with van der Waals surface area (Å²) in [5.41, 5.74) is 0.341. The third kappa shape index (κ3) is 5.67. The number of carbonyl (C=O) groups excluding carboxylic acids is 2. The fraction of sp³-hybridized carbons (Fsp3) is 0.267. The van der Waals surface area contributed by atoms with E-state index in [4.69, 9.17) is 18.9 Å². The predicted octanol–water partition coefficient (Wildman–Crippen LogP) is 5.85. The first-order valence-electron chi connectivity index (χ1n) is 13.4. The van der Waals surface area contributed by atoms with Crippen LogP contribution in [0.4, 0.5) is 15.8 Å². The van der Waals surface area contributed by atoms with Crippen molar-refractivity contribution in [2.75, 3.05) is 35.8 Å². The lowest BCUT2D eigenvalue weighted by molar-refractivity contribution is -0.131. The first-order valence-corrected chi connectivity index (χ1v) is 14.5. The monoisotopic (exact) mass is 636 g/mol. The molecule has 1 aliphatic carbocycles. The Balaban J connectivity index is 1.16. The van der Waals surface area contributed by atoms with Crippen LogP contribution in [-0.4, -0.2) is 46.9 Å². The number of carbonyl (C=O) groups is 2. The van der Waals surface area contributed by atoms with Crippen LogP contribution in [-0.2, 0) is 9.59 Å². The largest absolute Gasteiger partial charge is 0.489 e. The van der Waals surface area contributed by atoms with E-state index >= 15 is 0 Å². The van der Waals surface area contributed by atoms with Crippen LogP contribution in [0.2, 0.25) is 0 Å². The number of halogens is 2. The summed E-state index contributed by atoms with van der Waals surface area (Å²) in [6, 6.07) is 13.9. The zero-order valence-corrected chi connectivity index (χ0v) is 23.9. The van der Waals surface area contributed by atoms with Crippen LogP contribution < -0.4 is 29.6 Å². The van der Waals surface area contributed by atoms with Crippen LogP contribution in [0, 0.1) is 11.2 Å². The highest BCUT2D eigenvalue weighted by atomic mass is 79.9. The Morgan fingerprint density at radius 2 is 1.57 bits per heavy atom. The predicted molar refractivity (Wildman–Crippen MR) is 156 cm³/mol. The quantitative estimate of drug-likeness (QED) is 0.126. The molecule has 42 heavy (non-hydrogen) atoms. The van der Waals surface area contributed by atoms with Crippen LogP contribution in [0.25, 0.3) is 10.9 Å². The summed E-state index contributed by atoms with van der Waals surface area (Å²) in [6.45, 7) is 1.25. The lowest BCUT2D eigenvalue weighted by Crippen LogP contribution is -2.35. The van der Waals surface area contributed by atoms with Crippen molar-refractivity contribution in [3.05, 3.63) is 66.7 Å². The van der Waals surface area contributed by atoms with Gasteiger partial charge in [-0.3, -0.25) is 9.59 Å². The van der Waals surface area contributed by atoms with Gasteiger partial charge < -0.3 is 29.6 Å². The van der Waals surface area contributed by atoms with Gasteiger partial charge in [-0.05, 0) is 67.8 Å². The number of hydrogen-bond donors (Lipinski definition) is 2. The second kappa shape index (κ2) is 11.8. The molecule has 1 fully saturated rings. The molecule has 0 spiro atoms. The molecule has 0 unspecified atom stereocenters. The molecule has 0 saturated heterocycles. The van der Waals surface area contributed by atoms with Gasteiger partial charge in [-0.25, -0.2) is 14.4 Å². The number of nitrogens with one attached hydrogen (secondary N) is 2. The van der Waals surface area contributed by atoms with Gasteiger partial charge in [0, 0.05) is 22.8 Å². The van der Waals surface area contributed by atoms with E-state index in [1.807, 2.05) is 0 Å². The molecule has 1 aliphatic heterocycles. The SMILES string of the molecule is O=C(Nc1ccc(F)cc1)C1(C(=O)Nc2ccc(Oc3ncnc4cc(OCCCBr)c5c(c34)OCCO5)cc2)CC1. The molecule has 2 heterocycles. The van der Waals surface area contributed by atoms with Gasteiger partial charge in [0.15, 0.2) is 11.5 Å². The molecular formula is C30H26BrFN4O6. The molecule has 10 nitrogen and oxygen atoms in total. The second-order valence-corrected chi connectivity index (χ2v) is 10.6. The molecule has 0 atom stereocenters. The number of benzene rings is 3. The van der Waals surface area contributed by atoms with Gasteiger partial charge in [0.1, 0.15) is 41.9 Å². The fourth-order valence-corrected chi connectivity index (χ4v) is 4.77. The molecule has 216 valence electrons. The lowest BCUT2D eigenvalue weighted by Gasteiger charge is -2.23. The Bertz CT molecular complexity index is 1630. The molecule has 1 saturated carbocycles. The number of alkyl halides is 1. The summed E-state index contributed by atoms with van der Waals surface area (Å²) in [6.07, 6.45) is 3.07. The smallest absolute Gasteiger partial charge is 0.240 e. The molecule has 2 amide bonds. The van der Waals surface area contributed by atoms with Crippen molar-refractivity contribution >= 4 is 50.0 Å². The first-order chi connectivity index (χ1) is 20.5. The van der Waals surface area contributed by atoms with E-state index in [9.17, 15) is 14.0 Å². The van der Waals surface area contributed by atoms with E-state index in [1.165, 1.54) is 30.6 Å². The number of amides is 2. The molecular weight excluding hydrogens is 611 g/mol. The molecule has 1 aromatic heterocycles. The molecule has 12 heteroatoms. The van der Waals surface area contributed by atoms with E-state index < -0.39 is 23.0 Å². The number of hydrogen-bond acceptors (Lipinski definition) is 8. The Kier molecular flexibility index (Phi) is 7.79. The van der Waals surface area contributed by atoms with Crippen LogP contribution in [0.1, 0.15) is 19.3 Å². The molecule has 2 N–H and O–H groups in total. The topological polar surface area (TPSA) is 121 Å². The maximum atomic E-state index is 13.2. The molecule has 0 radical (unpaired) electrons. The third-order valence-electron chi connectivity index (χ3n) is 6.93. The summed E-state index contributed by atoms with van der Waals surface area (Å²) in [5.74, 6) is 0.992. The van der Waals surface area contributed by atoms with E-state index in [2.05, 4.69) is 36.5 Å². The van der Waals surface area contributed by atoms with Crippen LogP contribution in [0.15, 0.2) is 60.9 Å². The van der Waals surface area contributed by atoms with Gasteiger partial charge in [0.2, 0.25) is 23.4 Å². The van der Waals surface area contributed by atoms with Gasteiger partial charge in [0.25, 0.3) is 0 Å². The first kappa shape index (κ1) is 27.7. The normalized spacial score (nSPS) is 14.6. The minimum Gasteiger partial charge on any atom is -0.489 e. The van der Waals surface area contributed by atoms with E-state index in [-0.39, 0.29) is 5.88 Å². The van der Waals surface area contributed by atoms with Crippen molar-refractivity contribution in [2.24, 2.45) is 5.41 Å². The van der Waals surface area contributed by atoms with Gasteiger partial charge >= 0.3 is 0 Å². The van der Waals surface area contributed by atoms with Gasteiger partial charge in [0.05, 0.1) is 12.1 Å². The zero-order chi connectivity index (χ0) is 29.1. The minimum absolute atomic E-state index is 0.278. The highest BCUT2D eigenvalue weighted by Crippen LogP contribution is 2.49. The van der Waals surface area contributed by atoms with E-state index in [0.717, 1.165) is 11.8 Å². The average molecular weight is 637 g/mol. The van der Waals surface area contributed by atoms with Crippen LogP contribution in [0.3, 0.4) is 0 Å². The highest BCUT2D eigenvalue weighted by Gasteiger charge is 2.56. The summed E-state index contributed by atoms with van der Waals surface area (Å²) in [7, 11) is 0. The fourth-order valence-electron chi connectivity index (χ4n) is 4.54. The number of fused-ring (bicyclic) bond motifs is 3. The Morgan fingerprint density at radius 3 is 2.21 bits per heavy atom. The van der Waals surface area contributed by atoms with Crippen molar-refractivity contribution in [1.82, 2.24) is 9.97 Å². The van der Waals surface area contributed by atoms with Crippen LogP contribution in [0.5, 0.6) is 28.9 Å².